The molecule has 0 spiro atoms. The number of sulfonamides is 1. The Morgan fingerprint density at radius 1 is 1.38 bits per heavy atom. The zero-order chi connectivity index (χ0) is 16.0. The average Bonchev–Trinajstić information content (AvgIpc) is 2.45. The lowest BCUT2D eigenvalue weighted by Crippen LogP contribution is -2.38. The Morgan fingerprint density at radius 2 is 2.05 bits per heavy atom. The summed E-state index contributed by atoms with van der Waals surface area (Å²) in [5.74, 6) is -0.741. The van der Waals surface area contributed by atoms with Gasteiger partial charge in [0.05, 0.1) is 24.2 Å². The third kappa shape index (κ3) is 4.42. The van der Waals surface area contributed by atoms with Gasteiger partial charge in [-0.3, -0.25) is 0 Å². The maximum absolute atomic E-state index is 12.4. The summed E-state index contributed by atoms with van der Waals surface area (Å²) in [6.07, 6.45) is 0.545. The van der Waals surface area contributed by atoms with Gasteiger partial charge in [-0.2, -0.15) is 0 Å². The Kier molecular flexibility index (Phi) is 6.13. The van der Waals surface area contributed by atoms with Crippen LogP contribution in [-0.4, -0.2) is 41.3 Å². The maximum atomic E-state index is 12.4. The first-order chi connectivity index (χ1) is 9.85. The molecule has 0 saturated carbocycles. The van der Waals surface area contributed by atoms with E-state index in [9.17, 15) is 13.2 Å². The van der Waals surface area contributed by atoms with Crippen molar-refractivity contribution in [2.75, 3.05) is 26.6 Å². The molecule has 3 N–H and O–H groups in total. The number of rotatable bonds is 7. The molecule has 0 fully saturated rings. The molecule has 1 aromatic carbocycles. The second kappa shape index (κ2) is 7.39. The maximum Gasteiger partial charge on any atom is 0.339 e. The molecular formula is C13H20N2O5S. The van der Waals surface area contributed by atoms with Gasteiger partial charge in [-0.25, -0.2) is 17.9 Å². The summed E-state index contributed by atoms with van der Waals surface area (Å²) in [6, 6.07) is 3.60. The lowest BCUT2D eigenvalue weighted by Gasteiger charge is -2.17. The molecule has 118 valence electrons. The van der Waals surface area contributed by atoms with Crippen molar-refractivity contribution >= 4 is 21.7 Å². The third-order valence-electron chi connectivity index (χ3n) is 2.88. The first kappa shape index (κ1) is 17.4. The molecule has 1 unspecified atom stereocenters. The molecule has 0 aliphatic carbocycles. The van der Waals surface area contributed by atoms with Crippen molar-refractivity contribution in [3.63, 3.8) is 0 Å². The van der Waals surface area contributed by atoms with E-state index in [2.05, 4.69) is 9.46 Å². The lowest BCUT2D eigenvalue weighted by molar-refractivity contribution is 0.0596. The highest BCUT2D eigenvalue weighted by atomic mass is 32.2. The fourth-order valence-corrected chi connectivity index (χ4v) is 3.29. The molecule has 0 aliphatic heterocycles. The van der Waals surface area contributed by atoms with Crippen molar-refractivity contribution < 1.29 is 22.7 Å². The fourth-order valence-electron chi connectivity index (χ4n) is 1.76. The van der Waals surface area contributed by atoms with E-state index in [0.29, 0.717) is 6.42 Å². The van der Waals surface area contributed by atoms with Gasteiger partial charge in [0.15, 0.2) is 0 Å². The number of nitrogens with two attached hydrogens (primary N) is 1. The molecule has 1 atom stereocenters. The first-order valence-corrected chi connectivity index (χ1v) is 7.83. The average molecular weight is 316 g/mol. The second-order valence-electron chi connectivity index (χ2n) is 4.43. The molecule has 0 saturated heterocycles. The molecule has 0 heterocycles. The summed E-state index contributed by atoms with van der Waals surface area (Å²) in [7, 11) is -1.25. The summed E-state index contributed by atoms with van der Waals surface area (Å²) < 4.78 is 36.9. The number of hydrogen-bond donors (Lipinski definition) is 2. The number of carbonyl (C=O) groups is 1. The summed E-state index contributed by atoms with van der Waals surface area (Å²) in [4.78, 5) is 11.5. The van der Waals surface area contributed by atoms with Crippen molar-refractivity contribution in [1.29, 1.82) is 0 Å². The predicted molar refractivity (Wildman–Crippen MR) is 78.5 cm³/mol. The highest BCUT2D eigenvalue weighted by Crippen LogP contribution is 2.20. The molecule has 0 aliphatic rings. The fraction of sp³-hybridized carbons (Fsp3) is 0.462. The van der Waals surface area contributed by atoms with Crippen LogP contribution < -0.4 is 10.5 Å². The number of methoxy groups -OCH3 is 2. The van der Waals surface area contributed by atoms with E-state index in [1.807, 2.05) is 6.92 Å². The molecule has 0 aromatic heterocycles. The third-order valence-corrected chi connectivity index (χ3v) is 4.44. The molecule has 7 nitrogen and oxygen atoms in total. The molecule has 8 heteroatoms. The largest absolute Gasteiger partial charge is 0.465 e. The number of ether oxygens (including phenoxy) is 2. The van der Waals surface area contributed by atoms with Crippen LogP contribution in [-0.2, 0) is 19.5 Å². The standard InChI is InChI=1S/C13H20N2O5S/c1-4-10(8-19-2)15-21(17,18)12-7-9(14)5-6-11(12)13(16)20-3/h5-7,10,15H,4,8,14H2,1-3H3. The summed E-state index contributed by atoms with van der Waals surface area (Å²) >= 11 is 0. The summed E-state index contributed by atoms with van der Waals surface area (Å²) in [5, 5.41) is 0. The van der Waals surface area contributed by atoms with Crippen LogP contribution in [0.5, 0.6) is 0 Å². The Morgan fingerprint density at radius 3 is 2.57 bits per heavy atom. The van der Waals surface area contributed by atoms with Gasteiger partial charge in [-0.15, -0.1) is 0 Å². The zero-order valence-corrected chi connectivity index (χ0v) is 13.1. The van der Waals surface area contributed by atoms with Crippen molar-refractivity contribution in [1.82, 2.24) is 4.72 Å². The molecule has 0 amide bonds. The molecular weight excluding hydrogens is 296 g/mol. The minimum atomic E-state index is -3.91. The Bertz CT molecular complexity index is 601. The van der Waals surface area contributed by atoms with Gasteiger partial charge < -0.3 is 15.2 Å². The van der Waals surface area contributed by atoms with Gasteiger partial charge in [0.1, 0.15) is 0 Å². The van der Waals surface area contributed by atoms with E-state index in [1.54, 1.807) is 0 Å². The van der Waals surface area contributed by atoms with E-state index in [0.717, 1.165) is 0 Å². The monoisotopic (exact) mass is 316 g/mol. The number of nitrogen functional groups attached to an aromatic ring is 1. The molecule has 0 radical (unpaired) electrons. The SMILES string of the molecule is CCC(COC)NS(=O)(=O)c1cc(N)ccc1C(=O)OC. The van der Waals surface area contributed by atoms with Crippen molar-refractivity contribution in [3.05, 3.63) is 23.8 Å². The Labute approximate surface area is 124 Å². The van der Waals surface area contributed by atoms with E-state index in [1.165, 1.54) is 32.4 Å². The van der Waals surface area contributed by atoms with Crippen LogP contribution in [0.15, 0.2) is 23.1 Å². The van der Waals surface area contributed by atoms with Crippen LogP contribution in [0.1, 0.15) is 23.7 Å². The molecule has 1 aromatic rings. The summed E-state index contributed by atoms with van der Waals surface area (Å²) in [5.41, 5.74) is 5.79. The van der Waals surface area contributed by atoms with Crippen molar-refractivity contribution in [2.45, 2.75) is 24.3 Å². The summed E-state index contributed by atoms with van der Waals surface area (Å²) in [6.45, 7) is 2.05. The van der Waals surface area contributed by atoms with Crippen molar-refractivity contribution in [3.8, 4) is 0 Å². The number of nitrogens with one attached hydrogen (secondary N) is 1. The van der Waals surface area contributed by atoms with E-state index >= 15 is 0 Å². The van der Waals surface area contributed by atoms with Gasteiger partial charge in [-0.05, 0) is 24.6 Å². The number of carbonyl (C=O) groups excluding carboxylic acids is 1. The quantitative estimate of drug-likeness (QED) is 0.568. The normalized spacial score (nSPS) is 12.9. The Hall–Kier alpha value is -1.64. The molecule has 0 bridgehead atoms. The van der Waals surface area contributed by atoms with E-state index in [4.69, 9.17) is 10.5 Å². The van der Waals surface area contributed by atoms with Gasteiger partial charge in [0.25, 0.3) is 0 Å². The predicted octanol–water partition coefficient (Wildman–Crippen LogP) is 0.759. The lowest BCUT2D eigenvalue weighted by atomic mass is 10.2. The van der Waals surface area contributed by atoms with Crippen LogP contribution >= 0.6 is 0 Å². The molecule has 1 rings (SSSR count). The number of hydrogen-bond acceptors (Lipinski definition) is 6. The second-order valence-corrected chi connectivity index (χ2v) is 6.11. The van der Waals surface area contributed by atoms with E-state index < -0.39 is 22.0 Å². The van der Waals surface area contributed by atoms with Gasteiger partial charge >= 0.3 is 5.97 Å². The van der Waals surface area contributed by atoms with Crippen LogP contribution in [0.3, 0.4) is 0 Å². The molecule has 21 heavy (non-hydrogen) atoms. The van der Waals surface area contributed by atoms with Crippen LogP contribution in [0.25, 0.3) is 0 Å². The van der Waals surface area contributed by atoms with Gasteiger partial charge in [-0.1, -0.05) is 6.92 Å². The van der Waals surface area contributed by atoms with Crippen LogP contribution in [0, 0.1) is 0 Å². The number of esters is 1. The van der Waals surface area contributed by atoms with Crippen molar-refractivity contribution in [2.24, 2.45) is 0 Å². The van der Waals surface area contributed by atoms with E-state index in [-0.39, 0.29) is 22.8 Å². The minimum absolute atomic E-state index is 0.0635. The smallest absolute Gasteiger partial charge is 0.339 e. The zero-order valence-electron chi connectivity index (χ0n) is 12.3. The van der Waals surface area contributed by atoms with Gasteiger partial charge in [0.2, 0.25) is 10.0 Å². The first-order valence-electron chi connectivity index (χ1n) is 6.34. The number of benzene rings is 1. The highest BCUT2D eigenvalue weighted by Gasteiger charge is 2.25. The minimum Gasteiger partial charge on any atom is -0.465 e. The van der Waals surface area contributed by atoms with Crippen LogP contribution in [0.2, 0.25) is 0 Å². The van der Waals surface area contributed by atoms with Crippen LogP contribution in [0.4, 0.5) is 5.69 Å². The Balaban J connectivity index is 3.23. The van der Waals surface area contributed by atoms with Gasteiger partial charge in [0, 0.05) is 18.8 Å². The topological polar surface area (TPSA) is 108 Å². The number of anilines is 1. The highest BCUT2D eigenvalue weighted by molar-refractivity contribution is 7.89.